The molecule has 0 amide bonds. The molecule has 0 aliphatic heterocycles. The Kier molecular flexibility index (Phi) is 4.70. The molecule has 0 fully saturated rings. The first-order chi connectivity index (χ1) is 10.0. The molecule has 3 N–H and O–H groups in total. The minimum Gasteiger partial charge on any atom is -0.355 e. The van der Waals surface area contributed by atoms with Crippen molar-refractivity contribution in [3.05, 3.63) is 41.5 Å². The molecule has 6 heteroatoms. The summed E-state index contributed by atoms with van der Waals surface area (Å²) in [5.74, 6) is 8.14. The van der Waals surface area contributed by atoms with Crippen LogP contribution < -0.4 is 16.2 Å². The van der Waals surface area contributed by atoms with Gasteiger partial charge >= 0.3 is 0 Å². The van der Waals surface area contributed by atoms with Crippen molar-refractivity contribution in [2.24, 2.45) is 5.84 Å². The summed E-state index contributed by atoms with van der Waals surface area (Å²) in [6, 6.07) is 3.98. The lowest BCUT2D eigenvalue weighted by Crippen LogP contribution is -2.22. The van der Waals surface area contributed by atoms with Crippen LogP contribution >= 0.6 is 0 Å². The molecule has 2 heterocycles. The lowest BCUT2D eigenvalue weighted by Gasteiger charge is -2.22. The van der Waals surface area contributed by atoms with Crippen LogP contribution in [0.5, 0.6) is 0 Å². The van der Waals surface area contributed by atoms with Crippen LogP contribution in [0.2, 0.25) is 0 Å². The maximum absolute atomic E-state index is 5.57. The molecule has 6 nitrogen and oxygen atoms in total. The van der Waals surface area contributed by atoms with Crippen LogP contribution in [0.15, 0.2) is 24.5 Å². The van der Waals surface area contributed by atoms with Gasteiger partial charge in [0.15, 0.2) is 0 Å². The maximum atomic E-state index is 5.57. The van der Waals surface area contributed by atoms with Gasteiger partial charge in [0.25, 0.3) is 0 Å². The molecule has 0 atom stereocenters. The largest absolute Gasteiger partial charge is 0.355 e. The van der Waals surface area contributed by atoms with Crippen molar-refractivity contribution >= 4 is 11.6 Å². The van der Waals surface area contributed by atoms with Gasteiger partial charge in [-0.3, -0.25) is 4.98 Å². The second-order valence-electron chi connectivity index (χ2n) is 5.40. The number of hydrazine groups is 1. The van der Waals surface area contributed by atoms with Gasteiger partial charge in [0.05, 0.1) is 0 Å². The van der Waals surface area contributed by atoms with Crippen molar-refractivity contribution in [1.29, 1.82) is 0 Å². The highest BCUT2D eigenvalue weighted by Gasteiger charge is 2.15. The Morgan fingerprint density at radius 3 is 2.67 bits per heavy atom. The fraction of sp³-hybridized carbons (Fsp3) is 0.400. The summed E-state index contributed by atoms with van der Waals surface area (Å²) < 4.78 is 0. The first-order valence-electron chi connectivity index (χ1n) is 6.98. The zero-order valence-corrected chi connectivity index (χ0v) is 13.0. The van der Waals surface area contributed by atoms with E-state index in [2.05, 4.69) is 39.1 Å². The number of rotatable bonds is 5. The number of nitrogens with zero attached hydrogens (tertiary/aromatic N) is 4. The van der Waals surface area contributed by atoms with E-state index in [1.165, 1.54) is 0 Å². The highest BCUT2D eigenvalue weighted by molar-refractivity contribution is 5.58. The smallest absolute Gasteiger partial charge is 0.148 e. The molecular formula is C15H22N6. The quantitative estimate of drug-likeness (QED) is 0.648. The molecule has 0 aromatic carbocycles. The monoisotopic (exact) mass is 286 g/mol. The van der Waals surface area contributed by atoms with Crippen LogP contribution in [0.3, 0.4) is 0 Å². The SMILES string of the molecule is Cc1c(NN)nc(C(C)C)nc1N(C)Cc1cccnc1. The number of hydrogen-bond donors (Lipinski definition) is 2. The number of nitrogen functional groups attached to an aromatic ring is 1. The maximum Gasteiger partial charge on any atom is 0.148 e. The van der Waals surface area contributed by atoms with Gasteiger partial charge in [-0.05, 0) is 18.6 Å². The van der Waals surface area contributed by atoms with Crippen molar-refractivity contribution in [3.63, 3.8) is 0 Å². The van der Waals surface area contributed by atoms with Crippen molar-refractivity contribution in [2.45, 2.75) is 33.2 Å². The lowest BCUT2D eigenvalue weighted by molar-refractivity contribution is 0.759. The van der Waals surface area contributed by atoms with Crippen molar-refractivity contribution in [3.8, 4) is 0 Å². The van der Waals surface area contributed by atoms with Gasteiger partial charge in [0.2, 0.25) is 0 Å². The minimum atomic E-state index is 0.239. The zero-order chi connectivity index (χ0) is 15.4. The minimum absolute atomic E-state index is 0.239. The third kappa shape index (κ3) is 3.46. The molecule has 0 unspecified atom stereocenters. The lowest BCUT2D eigenvalue weighted by atomic mass is 10.2. The average Bonchev–Trinajstić information content (AvgIpc) is 2.48. The Hall–Kier alpha value is -2.21. The predicted octanol–water partition coefficient (Wildman–Crippen LogP) is 2.23. The molecule has 0 aliphatic rings. The van der Waals surface area contributed by atoms with Crippen molar-refractivity contribution < 1.29 is 0 Å². The summed E-state index contributed by atoms with van der Waals surface area (Å²) in [5.41, 5.74) is 4.73. The van der Waals surface area contributed by atoms with Crippen LogP contribution in [0, 0.1) is 6.92 Å². The summed E-state index contributed by atoms with van der Waals surface area (Å²) in [6.07, 6.45) is 3.63. The standard InChI is InChI=1S/C15H22N6/c1-10(2)13-18-14(20-16)11(3)15(19-13)21(4)9-12-6-5-7-17-8-12/h5-8,10H,9,16H2,1-4H3,(H,18,19,20). The van der Waals surface area contributed by atoms with E-state index in [0.29, 0.717) is 5.82 Å². The van der Waals surface area contributed by atoms with Crippen LogP contribution in [0.4, 0.5) is 11.6 Å². The molecule has 2 aromatic rings. The Labute approximate surface area is 125 Å². The highest BCUT2D eigenvalue weighted by atomic mass is 15.3. The van der Waals surface area contributed by atoms with Gasteiger partial charge in [0.1, 0.15) is 17.5 Å². The fourth-order valence-electron chi connectivity index (χ4n) is 2.13. The van der Waals surface area contributed by atoms with Crippen LogP contribution in [-0.2, 0) is 6.54 Å². The molecule has 0 radical (unpaired) electrons. The summed E-state index contributed by atoms with van der Waals surface area (Å²) >= 11 is 0. The molecule has 0 spiro atoms. The fourth-order valence-corrected chi connectivity index (χ4v) is 2.13. The first kappa shape index (κ1) is 15.2. The number of aromatic nitrogens is 3. The van der Waals surface area contributed by atoms with E-state index in [1.54, 1.807) is 6.20 Å². The van der Waals surface area contributed by atoms with Gasteiger partial charge in [0, 0.05) is 37.5 Å². The highest BCUT2D eigenvalue weighted by Crippen LogP contribution is 2.25. The molecular weight excluding hydrogens is 264 g/mol. The Bertz CT molecular complexity index is 597. The topological polar surface area (TPSA) is 80.0 Å². The summed E-state index contributed by atoms with van der Waals surface area (Å²) in [5, 5.41) is 0. The molecule has 21 heavy (non-hydrogen) atoms. The Morgan fingerprint density at radius 1 is 1.33 bits per heavy atom. The number of pyridine rings is 1. The van der Waals surface area contributed by atoms with Crippen molar-refractivity contribution in [1.82, 2.24) is 15.0 Å². The number of hydrogen-bond acceptors (Lipinski definition) is 6. The summed E-state index contributed by atoms with van der Waals surface area (Å²) in [4.78, 5) is 15.4. The molecule has 0 saturated carbocycles. The number of nitrogens with one attached hydrogen (secondary N) is 1. The first-order valence-corrected chi connectivity index (χ1v) is 6.98. The second-order valence-corrected chi connectivity index (χ2v) is 5.40. The van der Waals surface area contributed by atoms with E-state index in [0.717, 1.165) is 29.3 Å². The Balaban J connectivity index is 2.35. The number of nitrogens with two attached hydrogens (primary N) is 1. The Morgan fingerprint density at radius 2 is 2.10 bits per heavy atom. The van der Waals surface area contributed by atoms with E-state index in [4.69, 9.17) is 5.84 Å². The van der Waals surface area contributed by atoms with Gasteiger partial charge in [-0.15, -0.1) is 0 Å². The summed E-state index contributed by atoms with van der Waals surface area (Å²) in [7, 11) is 2.01. The average molecular weight is 286 g/mol. The van der Waals surface area contributed by atoms with Gasteiger partial charge < -0.3 is 10.3 Å². The predicted molar refractivity (Wildman–Crippen MR) is 85.0 cm³/mol. The zero-order valence-electron chi connectivity index (χ0n) is 13.0. The van der Waals surface area contributed by atoms with E-state index in [1.807, 2.05) is 32.3 Å². The molecule has 0 aliphatic carbocycles. The van der Waals surface area contributed by atoms with E-state index in [9.17, 15) is 0 Å². The molecule has 0 saturated heterocycles. The third-order valence-electron chi connectivity index (χ3n) is 3.29. The van der Waals surface area contributed by atoms with Crippen LogP contribution in [-0.4, -0.2) is 22.0 Å². The number of anilines is 2. The van der Waals surface area contributed by atoms with E-state index >= 15 is 0 Å². The molecule has 0 bridgehead atoms. The van der Waals surface area contributed by atoms with Gasteiger partial charge in [-0.1, -0.05) is 19.9 Å². The van der Waals surface area contributed by atoms with Crippen LogP contribution in [0.1, 0.15) is 36.7 Å². The molecule has 112 valence electrons. The van der Waals surface area contributed by atoms with Crippen molar-refractivity contribution in [2.75, 3.05) is 17.4 Å². The molecule has 2 rings (SSSR count). The van der Waals surface area contributed by atoms with Crippen LogP contribution in [0.25, 0.3) is 0 Å². The third-order valence-corrected chi connectivity index (χ3v) is 3.29. The second kappa shape index (κ2) is 6.49. The van der Waals surface area contributed by atoms with E-state index < -0.39 is 0 Å². The van der Waals surface area contributed by atoms with E-state index in [-0.39, 0.29) is 5.92 Å². The summed E-state index contributed by atoms with van der Waals surface area (Å²) in [6.45, 7) is 6.83. The normalized spacial score (nSPS) is 10.8. The molecule has 2 aromatic heterocycles. The van der Waals surface area contributed by atoms with Gasteiger partial charge in [-0.25, -0.2) is 15.8 Å². The van der Waals surface area contributed by atoms with Gasteiger partial charge in [-0.2, -0.15) is 0 Å².